The summed E-state index contributed by atoms with van der Waals surface area (Å²) in [5.41, 5.74) is 17.9. The monoisotopic (exact) mass is 969 g/mol. The Labute approximate surface area is 442 Å². The molecule has 0 saturated heterocycles. The lowest BCUT2D eigenvalue weighted by Gasteiger charge is -2.34. The molecule has 0 amide bonds. The first kappa shape index (κ1) is 53.7. The van der Waals surface area contributed by atoms with Crippen molar-refractivity contribution >= 4 is 46.1 Å². The summed E-state index contributed by atoms with van der Waals surface area (Å²) in [6.45, 7) is 14.0. The van der Waals surface area contributed by atoms with Gasteiger partial charge < -0.3 is 0 Å². The Morgan fingerprint density at radius 3 is 1.37 bits per heavy atom. The molecule has 73 heavy (non-hydrogen) atoms. The standard InChI is InChI=1S/C71H88N2/c1-7-9-11-13-15-17-19-21-23-29-47-71(48-30-24-22-20-18-16-14-12-10-8-2)67-51-57(53(3)4)39-45-63(67)64-46-40-60(52-68(64)71)66-50-58(37-43-61-41-35-55-31-25-27-33-69(55)72-61)65(54(5)6)49-59(66)38-44-62-42-36-56-32-26-28-34-70(56)73-62/h25-28,31-46,49-54H,7-24,29-30,47-48H2,1-6H3/b43-37+,44-38+. The first-order valence-corrected chi connectivity index (χ1v) is 29.3. The van der Waals surface area contributed by atoms with Crippen molar-refractivity contribution in [3.05, 3.63) is 166 Å². The molecule has 2 heterocycles. The maximum Gasteiger partial charge on any atom is 0.0709 e. The van der Waals surface area contributed by atoms with E-state index in [1.54, 1.807) is 11.1 Å². The average Bonchev–Trinajstić information content (AvgIpc) is 3.68. The number of pyridine rings is 2. The number of hydrogen-bond donors (Lipinski definition) is 0. The van der Waals surface area contributed by atoms with E-state index in [1.165, 1.54) is 197 Å². The number of para-hydroxylation sites is 2. The predicted octanol–water partition coefficient (Wildman–Crippen LogP) is 21.9. The van der Waals surface area contributed by atoms with Gasteiger partial charge >= 0.3 is 0 Å². The molecule has 2 nitrogen and oxygen atoms in total. The first-order chi connectivity index (χ1) is 35.8. The summed E-state index contributed by atoms with van der Waals surface area (Å²) < 4.78 is 0. The molecule has 8 rings (SSSR count). The van der Waals surface area contributed by atoms with Crippen molar-refractivity contribution in [2.45, 2.75) is 200 Å². The third-order valence-electron chi connectivity index (χ3n) is 16.3. The summed E-state index contributed by atoms with van der Waals surface area (Å²) in [7, 11) is 0. The lowest BCUT2D eigenvalue weighted by molar-refractivity contribution is 0.396. The van der Waals surface area contributed by atoms with E-state index in [0.29, 0.717) is 11.8 Å². The van der Waals surface area contributed by atoms with Gasteiger partial charge in [-0.3, -0.25) is 0 Å². The van der Waals surface area contributed by atoms with Gasteiger partial charge in [0.15, 0.2) is 0 Å². The van der Waals surface area contributed by atoms with E-state index in [-0.39, 0.29) is 5.41 Å². The highest BCUT2D eigenvalue weighted by Gasteiger charge is 2.42. The zero-order valence-electron chi connectivity index (χ0n) is 46.0. The van der Waals surface area contributed by atoms with E-state index >= 15 is 0 Å². The number of nitrogens with zero attached hydrogens (tertiary/aromatic N) is 2. The van der Waals surface area contributed by atoms with Gasteiger partial charge in [0.1, 0.15) is 0 Å². The van der Waals surface area contributed by atoms with Crippen molar-refractivity contribution in [1.29, 1.82) is 0 Å². The zero-order chi connectivity index (χ0) is 50.8. The second-order valence-electron chi connectivity index (χ2n) is 22.4. The molecule has 1 aliphatic carbocycles. The van der Waals surface area contributed by atoms with Gasteiger partial charge in [0.25, 0.3) is 0 Å². The van der Waals surface area contributed by atoms with Crippen molar-refractivity contribution < 1.29 is 0 Å². The molecule has 0 spiro atoms. The molecule has 0 fully saturated rings. The Hall–Kier alpha value is -5.60. The minimum Gasteiger partial charge on any atom is -0.248 e. The largest absolute Gasteiger partial charge is 0.248 e. The number of hydrogen-bond acceptors (Lipinski definition) is 2. The van der Waals surface area contributed by atoms with Gasteiger partial charge in [-0.15, -0.1) is 0 Å². The molecular weight excluding hydrogens is 881 g/mol. The van der Waals surface area contributed by atoms with Crippen molar-refractivity contribution in [3.63, 3.8) is 0 Å². The first-order valence-electron chi connectivity index (χ1n) is 29.3. The summed E-state index contributed by atoms with van der Waals surface area (Å²) in [4.78, 5) is 10.1. The minimum atomic E-state index is -0.0146. The van der Waals surface area contributed by atoms with E-state index in [4.69, 9.17) is 9.97 Å². The SMILES string of the molecule is CCCCCCCCCCCCC1(CCCCCCCCCCCC)c2cc(-c3cc(/C=C/c4ccc5ccccc5n4)c(C(C)C)cc3/C=C/c3ccc4ccccc4n3)ccc2-c2ccc(C(C)C)cc21. The number of aromatic nitrogens is 2. The molecule has 0 bridgehead atoms. The molecule has 0 atom stereocenters. The Morgan fingerprint density at radius 1 is 0.397 bits per heavy atom. The summed E-state index contributed by atoms with van der Waals surface area (Å²) in [5.74, 6) is 0.808. The fraction of sp³-hybridized carbons (Fsp3) is 0.437. The van der Waals surface area contributed by atoms with Crippen molar-refractivity contribution in [2.24, 2.45) is 0 Å². The van der Waals surface area contributed by atoms with Crippen LogP contribution in [0.25, 0.3) is 68.4 Å². The van der Waals surface area contributed by atoms with Crippen LogP contribution in [0, 0.1) is 0 Å². The van der Waals surface area contributed by atoms with Gasteiger partial charge in [0.05, 0.1) is 22.4 Å². The fourth-order valence-electron chi connectivity index (χ4n) is 11.9. The Bertz CT molecular complexity index is 2880. The molecule has 0 aliphatic heterocycles. The Balaban J connectivity index is 1.19. The number of benzene rings is 5. The van der Waals surface area contributed by atoms with Crippen LogP contribution in [-0.4, -0.2) is 9.97 Å². The second-order valence-corrected chi connectivity index (χ2v) is 22.4. The molecule has 7 aromatic rings. The normalized spacial score (nSPS) is 13.2. The van der Waals surface area contributed by atoms with Gasteiger partial charge in [0, 0.05) is 16.2 Å². The van der Waals surface area contributed by atoms with Crippen LogP contribution in [0.1, 0.15) is 239 Å². The lowest BCUT2D eigenvalue weighted by atomic mass is 9.69. The maximum absolute atomic E-state index is 5.09. The maximum atomic E-state index is 5.09. The van der Waals surface area contributed by atoms with Crippen LogP contribution in [-0.2, 0) is 5.41 Å². The van der Waals surface area contributed by atoms with Crippen molar-refractivity contribution in [3.8, 4) is 22.3 Å². The molecular formula is C71H88N2. The number of rotatable bonds is 29. The van der Waals surface area contributed by atoms with Crippen LogP contribution >= 0.6 is 0 Å². The summed E-state index contributed by atoms with van der Waals surface area (Å²) in [5, 5.41) is 2.33. The smallest absolute Gasteiger partial charge is 0.0709 e. The van der Waals surface area contributed by atoms with Crippen molar-refractivity contribution in [1.82, 2.24) is 9.97 Å². The van der Waals surface area contributed by atoms with Crippen LogP contribution in [0.5, 0.6) is 0 Å². The molecule has 1 aliphatic rings. The molecule has 0 radical (unpaired) electrons. The predicted molar refractivity (Wildman–Crippen MR) is 321 cm³/mol. The van der Waals surface area contributed by atoms with E-state index in [1.807, 2.05) is 0 Å². The van der Waals surface area contributed by atoms with Gasteiger partial charge in [-0.2, -0.15) is 0 Å². The highest BCUT2D eigenvalue weighted by molar-refractivity contribution is 5.90. The van der Waals surface area contributed by atoms with Gasteiger partial charge in [-0.1, -0.05) is 267 Å². The quantitative estimate of drug-likeness (QED) is 0.0437. The number of fused-ring (bicyclic) bond motifs is 5. The molecule has 2 heteroatoms. The highest BCUT2D eigenvalue weighted by atomic mass is 14.7. The third-order valence-corrected chi connectivity index (χ3v) is 16.3. The van der Waals surface area contributed by atoms with Crippen LogP contribution in [0.2, 0.25) is 0 Å². The van der Waals surface area contributed by atoms with Crippen LogP contribution in [0.3, 0.4) is 0 Å². The Morgan fingerprint density at radius 2 is 0.863 bits per heavy atom. The second kappa shape index (κ2) is 27.1. The summed E-state index contributed by atoms with van der Waals surface area (Å²) in [6, 6.07) is 45.6. The lowest BCUT2D eigenvalue weighted by Crippen LogP contribution is -2.26. The summed E-state index contributed by atoms with van der Waals surface area (Å²) >= 11 is 0. The molecule has 382 valence electrons. The van der Waals surface area contributed by atoms with Gasteiger partial charge in [0.2, 0.25) is 0 Å². The van der Waals surface area contributed by atoms with Crippen LogP contribution in [0.4, 0.5) is 0 Å². The van der Waals surface area contributed by atoms with E-state index < -0.39 is 0 Å². The third kappa shape index (κ3) is 14.0. The topological polar surface area (TPSA) is 25.8 Å². The fourth-order valence-corrected chi connectivity index (χ4v) is 11.9. The summed E-state index contributed by atoms with van der Waals surface area (Å²) in [6.07, 6.45) is 38.7. The molecule has 0 saturated carbocycles. The zero-order valence-corrected chi connectivity index (χ0v) is 46.0. The molecule has 2 aromatic heterocycles. The molecule has 0 N–H and O–H groups in total. The van der Waals surface area contributed by atoms with Gasteiger partial charge in [-0.05, 0) is 129 Å². The van der Waals surface area contributed by atoms with Gasteiger partial charge in [-0.25, -0.2) is 9.97 Å². The highest BCUT2D eigenvalue weighted by Crippen LogP contribution is 2.56. The van der Waals surface area contributed by atoms with Crippen LogP contribution < -0.4 is 0 Å². The van der Waals surface area contributed by atoms with E-state index in [9.17, 15) is 0 Å². The van der Waals surface area contributed by atoms with Crippen LogP contribution in [0.15, 0.2) is 121 Å². The van der Waals surface area contributed by atoms with Crippen molar-refractivity contribution in [2.75, 3.05) is 0 Å². The minimum absolute atomic E-state index is 0.0146. The van der Waals surface area contributed by atoms with E-state index in [0.717, 1.165) is 22.4 Å². The van der Waals surface area contributed by atoms with E-state index in [2.05, 4.69) is 187 Å². The number of unbranched alkanes of at least 4 members (excludes halogenated alkanes) is 18. The Kier molecular flexibility index (Phi) is 19.9. The molecule has 0 unspecified atom stereocenters. The molecule has 5 aromatic carbocycles. The average molecular weight is 969 g/mol.